The normalized spacial score (nSPS) is 13.6. The van der Waals surface area contributed by atoms with Crippen molar-refractivity contribution in [2.24, 2.45) is 0 Å². The van der Waals surface area contributed by atoms with E-state index in [0.29, 0.717) is 0 Å². The van der Waals surface area contributed by atoms with Crippen LogP contribution in [0, 0.1) is 11.3 Å². The Balaban J connectivity index is 1.53. The van der Waals surface area contributed by atoms with E-state index in [4.69, 9.17) is 0 Å². The highest BCUT2D eigenvalue weighted by atomic mass is 14.4. The molecular weight excluding hydrogens is 422 g/mol. The van der Waals surface area contributed by atoms with E-state index >= 15 is 0 Å². The molecule has 6 aromatic rings. The smallest absolute Gasteiger partial charge is 0.0991 e. The first-order valence-electron chi connectivity index (χ1n) is 12.1. The summed E-state index contributed by atoms with van der Waals surface area (Å²) in [6, 6.07) is 39.6. The zero-order valence-electron chi connectivity index (χ0n) is 19.8. The summed E-state index contributed by atoms with van der Waals surface area (Å²) in [6.45, 7) is 4.54. The molecule has 0 unspecified atom stereocenters. The monoisotopic (exact) mass is 445 g/mol. The molecule has 6 aromatic carbocycles. The third kappa shape index (κ3) is 2.74. The molecule has 0 amide bonds. The maximum Gasteiger partial charge on any atom is 0.0991 e. The second-order valence-corrected chi connectivity index (χ2v) is 10.1. The first-order valence-corrected chi connectivity index (χ1v) is 12.1. The lowest BCUT2D eigenvalue weighted by molar-refractivity contribution is 0.660. The maximum atomic E-state index is 9.46. The van der Waals surface area contributed by atoms with Crippen molar-refractivity contribution in [3.63, 3.8) is 0 Å². The van der Waals surface area contributed by atoms with Crippen LogP contribution in [0.25, 0.3) is 54.6 Å². The van der Waals surface area contributed by atoms with E-state index in [-0.39, 0.29) is 5.41 Å². The number of fused-ring (bicyclic) bond motifs is 8. The average molecular weight is 446 g/mol. The number of hydrogen-bond acceptors (Lipinski definition) is 1. The Labute approximate surface area is 204 Å². The molecule has 0 bridgehead atoms. The minimum atomic E-state index is -0.160. The van der Waals surface area contributed by atoms with Crippen molar-refractivity contribution in [2.75, 3.05) is 0 Å². The molecule has 0 saturated carbocycles. The van der Waals surface area contributed by atoms with Crippen molar-refractivity contribution in [2.45, 2.75) is 19.3 Å². The number of nitriles is 1. The SMILES string of the molecule is CC1(C)c2cc(C#N)ccc2-c2ccc(-c3cc4c5ccccc5ccc4c4ccccc34)cc21. The summed E-state index contributed by atoms with van der Waals surface area (Å²) < 4.78 is 0. The lowest BCUT2D eigenvalue weighted by Crippen LogP contribution is -2.15. The van der Waals surface area contributed by atoms with Crippen molar-refractivity contribution in [1.29, 1.82) is 5.26 Å². The van der Waals surface area contributed by atoms with E-state index in [0.717, 1.165) is 5.56 Å². The fourth-order valence-corrected chi connectivity index (χ4v) is 6.07. The molecule has 0 N–H and O–H groups in total. The molecule has 7 rings (SSSR count). The predicted molar refractivity (Wildman–Crippen MR) is 147 cm³/mol. The summed E-state index contributed by atoms with van der Waals surface area (Å²) in [5.74, 6) is 0. The second-order valence-electron chi connectivity index (χ2n) is 10.1. The van der Waals surface area contributed by atoms with Crippen molar-refractivity contribution in [3.8, 4) is 28.3 Å². The van der Waals surface area contributed by atoms with E-state index in [1.165, 1.54) is 65.7 Å². The zero-order valence-corrected chi connectivity index (χ0v) is 19.8. The van der Waals surface area contributed by atoms with Gasteiger partial charge in [-0.25, -0.2) is 0 Å². The quantitative estimate of drug-likeness (QED) is 0.232. The molecule has 1 nitrogen and oxygen atoms in total. The van der Waals surface area contributed by atoms with Gasteiger partial charge < -0.3 is 0 Å². The molecule has 0 aromatic heterocycles. The Morgan fingerprint density at radius 2 is 1.20 bits per heavy atom. The number of nitrogens with zero attached hydrogens (tertiary/aromatic N) is 1. The first-order chi connectivity index (χ1) is 17.1. The highest BCUT2D eigenvalue weighted by Gasteiger charge is 2.35. The minimum absolute atomic E-state index is 0.160. The molecule has 0 fully saturated rings. The summed E-state index contributed by atoms with van der Waals surface area (Å²) in [7, 11) is 0. The Morgan fingerprint density at radius 3 is 2.00 bits per heavy atom. The van der Waals surface area contributed by atoms with Crippen LogP contribution in [-0.4, -0.2) is 0 Å². The van der Waals surface area contributed by atoms with Gasteiger partial charge in [-0.1, -0.05) is 92.7 Å². The van der Waals surface area contributed by atoms with E-state index in [1.807, 2.05) is 6.07 Å². The van der Waals surface area contributed by atoms with E-state index < -0.39 is 0 Å². The Kier molecular flexibility index (Phi) is 4.03. The number of benzene rings is 6. The highest BCUT2D eigenvalue weighted by Crippen LogP contribution is 2.50. The molecule has 0 spiro atoms. The van der Waals surface area contributed by atoms with Gasteiger partial charge in [0.05, 0.1) is 11.6 Å². The van der Waals surface area contributed by atoms with Crippen LogP contribution in [0.2, 0.25) is 0 Å². The van der Waals surface area contributed by atoms with Gasteiger partial charge in [0, 0.05) is 5.41 Å². The van der Waals surface area contributed by atoms with Gasteiger partial charge >= 0.3 is 0 Å². The largest absolute Gasteiger partial charge is 0.192 e. The third-order valence-corrected chi connectivity index (χ3v) is 7.88. The van der Waals surface area contributed by atoms with Crippen LogP contribution in [0.1, 0.15) is 30.5 Å². The maximum absolute atomic E-state index is 9.46. The van der Waals surface area contributed by atoms with Crippen molar-refractivity contribution < 1.29 is 0 Å². The molecule has 0 saturated heterocycles. The van der Waals surface area contributed by atoms with Crippen molar-refractivity contribution in [1.82, 2.24) is 0 Å². The highest BCUT2D eigenvalue weighted by molar-refractivity contribution is 6.21. The zero-order chi connectivity index (χ0) is 23.7. The molecule has 1 aliphatic carbocycles. The molecule has 1 heteroatoms. The lowest BCUT2D eigenvalue weighted by Gasteiger charge is -2.22. The topological polar surface area (TPSA) is 23.8 Å². The van der Waals surface area contributed by atoms with Crippen LogP contribution in [-0.2, 0) is 5.41 Å². The lowest BCUT2D eigenvalue weighted by atomic mass is 9.81. The number of rotatable bonds is 1. The van der Waals surface area contributed by atoms with Crippen LogP contribution >= 0.6 is 0 Å². The summed E-state index contributed by atoms with van der Waals surface area (Å²) >= 11 is 0. The van der Waals surface area contributed by atoms with Crippen LogP contribution in [0.4, 0.5) is 0 Å². The average Bonchev–Trinajstić information content (AvgIpc) is 3.13. The minimum Gasteiger partial charge on any atom is -0.192 e. The summed E-state index contributed by atoms with van der Waals surface area (Å²) in [5, 5.41) is 17.2. The van der Waals surface area contributed by atoms with Crippen LogP contribution in [0.15, 0.2) is 103 Å². The number of hydrogen-bond donors (Lipinski definition) is 0. The Hall–Kier alpha value is -4.41. The van der Waals surface area contributed by atoms with Gasteiger partial charge in [-0.3, -0.25) is 0 Å². The Morgan fingerprint density at radius 1 is 0.543 bits per heavy atom. The van der Waals surface area contributed by atoms with Crippen molar-refractivity contribution in [3.05, 3.63) is 120 Å². The first kappa shape index (κ1) is 20.0. The van der Waals surface area contributed by atoms with Gasteiger partial charge in [0.25, 0.3) is 0 Å². The van der Waals surface area contributed by atoms with Crippen molar-refractivity contribution >= 4 is 32.3 Å². The molecule has 35 heavy (non-hydrogen) atoms. The molecule has 0 radical (unpaired) electrons. The molecule has 0 aliphatic heterocycles. The fraction of sp³-hybridized carbons (Fsp3) is 0.0882. The molecule has 0 heterocycles. The van der Waals surface area contributed by atoms with Crippen LogP contribution in [0.3, 0.4) is 0 Å². The fourth-order valence-electron chi connectivity index (χ4n) is 6.07. The molecule has 1 aliphatic rings. The molecule has 0 atom stereocenters. The van der Waals surface area contributed by atoms with Crippen LogP contribution < -0.4 is 0 Å². The predicted octanol–water partition coefficient (Wildman–Crippen LogP) is 8.99. The summed E-state index contributed by atoms with van der Waals surface area (Å²) in [4.78, 5) is 0. The summed E-state index contributed by atoms with van der Waals surface area (Å²) in [6.07, 6.45) is 0. The van der Waals surface area contributed by atoms with E-state index in [9.17, 15) is 5.26 Å². The van der Waals surface area contributed by atoms with Gasteiger partial charge in [-0.2, -0.15) is 5.26 Å². The molecule has 164 valence electrons. The second kappa shape index (κ2) is 7.05. The van der Waals surface area contributed by atoms with Gasteiger partial charge in [-0.15, -0.1) is 0 Å². The standard InChI is InChI=1S/C34H23N/c1-34(2)32-17-21(20-35)11-14-28(32)29-16-13-23(18-33(29)34)30-19-31-24-8-4-3-7-22(24)12-15-27(31)25-9-5-6-10-26(25)30/h3-19H,1-2H3. The van der Waals surface area contributed by atoms with E-state index in [2.05, 4.69) is 117 Å². The van der Waals surface area contributed by atoms with E-state index in [1.54, 1.807) is 0 Å². The summed E-state index contributed by atoms with van der Waals surface area (Å²) in [5.41, 5.74) is 8.12. The van der Waals surface area contributed by atoms with Gasteiger partial charge in [0.2, 0.25) is 0 Å². The van der Waals surface area contributed by atoms with Gasteiger partial charge in [0.1, 0.15) is 0 Å². The Bertz CT molecular complexity index is 1880. The van der Waals surface area contributed by atoms with Gasteiger partial charge in [-0.05, 0) is 90.0 Å². The third-order valence-electron chi connectivity index (χ3n) is 7.88. The molecular formula is C34H23N. The van der Waals surface area contributed by atoms with Gasteiger partial charge in [0.15, 0.2) is 0 Å². The van der Waals surface area contributed by atoms with Crippen LogP contribution in [0.5, 0.6) is 0 Å².